The summed E-state index contributed by atoms with van der Waals surface area (Å²) >= 11 is 1.74. The minimum atomic E-state index is -0.135. The van der Waals surface area contributed by atoms with Crippen LogP contribution in [0.5, 0.6) is 0 Å². The summed E-state index contributed by atoms with van der Waals surface area (Å²) in [5.41, 5.74) is 4.35. The van der Waals surface area contributed by atoms with Crippen LogP contribution >= 0.6 is 11.3 Å². The van der Waals surface area contributed by atoms with E-state index in [4.69, 9.17) is 0 Å². The first-order chi connectivity index (χ1) is 11.5. The van der Waals surface area contributed by atoms with Gasteiger partial charge in [0, 0.05) is 43.5 Å². The van der Waals surface area contributed by atoms with Crippen molar-refractivity contribution in [1.29, 1.82) is 0 Å². The molecule has 1 amide bonds. The molecular weight excluding hydrogens is 320 g/mol. The fourth-order valence-electron chi connectivity index (χ4n) is 3.65. The van der Waals surface area contributed by atoms with Crippen molar-refractivity contribution < 1.29 is 4.79 Å². The van der Waals surface area contributed by atoms with Crippen molar-refractivity contribution in [3.63, 3.8) is 0 Å². The third-order valence-electron chi connectivity index (χ3n) is 5.19. The maximum absolute atomic E-state index is 12.9. The highest BCUT2D eigenvalue weighted by Gasteiger charge is 2.29. The topological polar surface area (TPSA) is 52.2 Å². The Kier molecular flexibility index (Phi) is 5.06. The van der Waals surface area contributed by atoms with Crippen molar-refractivity contribution in [2.24, 2.45) is 0 Å². The van der Waals surface area contributed by atoms with Gasteiger partial charge < -0.3 is 4.90 Å². The average Bonchev–Trinajstić information content (AvgIpc) is 3.23. The van der Waals surface area contributed by atoms with E-state index in [2.05, 4.69) is 38.8 Å². The van der Waals surface area contributed by atoms with Crippen LogP contribution in [-0.2, 0) is 4.79 Å². The van der Waals surface area contributed by atoms with Gasteiger partial charge in [0.25, 0.3) is 0 Å². The van der Waals surface area contributed by atoms with Gasteiger partial charge in [-0.2, -0.15) is 16.4 Å². The molecule has 0 spiro atoms. The molecular formula is C18H26N4OS. The minimum absolute atomic E-state index is 0.135. The van der Waals surface area contributed by atoms with E-state index < -0.39 is 0 Å². The van der Waals surface area contributed by atoms with Crippen LogP contribution in [0.2, 0.25) is 0 Å². The van der Waals surface area contributed by atoms with Crippen molar-refractivity contribution in [3.8, 4) is 0 Å². The Morgan fingerprint density at radius 2 is 1.96 bits per heavy atom. The third kappa shape index (κ3) is 3.26. The lowest BCUT2D eigenvalue weighted by Crippen LogP contribution is -2.50. The molecule has 1 fully saturated rings. The molecule has 1 saturated heterocycles. The first-order valence-electron chi connectivity index (χ1n) is 8.55. The van der Waals surface area contributed by atoms with Crippen LogP contribution < -0.4 is 0 Å². The summed E-state index contributed by atoms with van der Waals surface area (Å²) < 4.78 is 0. The molecule has 24 heavy (non-hydrogen) atoms. The first-order valence-corrected chi connectivity index (χ1v) is 9.49. The van der Waals surface area contributed by atoms with Gasteiger partial charge in [-0.15, -0.1) is 0 Å². The number of rotatable bonds is 4. The maximum Gasteiger partial charge on any atom is 0.230 e. The highest BCUT2D eigenvalue weighted by molar-refractivity contribution is 7.07. The molecule has 2 aromatic heterocycles. The zero-order valence-electron chi connectivity index (χ0n) is 14.9. The fourth-order valence-corrected chi connectivity index (χ4v) is 4.39. The second-order valence-electron chi connectivity index (χ2n) is 6.66. The van der Waals surface area contributed by atoms with Gasteiger partial charge in [-0.05, 0) is 50.1 Å². The number of thiophene rings is 1. The molecule has 130 valence electrons. The maximum atomic E-state index is 12.9. The highest BCUT2D eigenvalue weighted by Crippen LogP contribution is 2.26. The van der Waals surface area contributed by atoms with Gasteiger partial charge in [-0.25, -0.2) is 0 Å². The lowest BCUT2D eigenvalue weighted by molar-refractivity contribution is -0.134. The van der Waals surface area contributed by atoms with Crippen molar-refractivity contribution in [2.75, 3.05) is 26.2 Å². The van der Waals surface area contributed by atoms with Crippen LogP contribution in [0.25, 0.3) is 0 Å². The quantitative estimate of drug-likeness (QED) is 0.925. The van der Waals surface area contributed by atoms with E-state index >= 15 is 0 Å². The van der Waals surface area contributed by atoms with Crippen molar-refractivity contribution in [3.05, 3.63) is 39.3 Å². The summed E-state index contributed by atoms with van der Waals surface area (Å²) in [4.78, 5) is 17.3. The van der Waals surface area contributed by atoms with Gasteiger partial charge in [0.2, 0.25) is 5.91 Å². The Bertz CT molecular complexity index is 666. The van der Waals surface area contributed by atoms with Crippen LogP contribution in [0.1, 0.15) is 48.3 Å². The zero-order valence-corrected chi connectivity index (χ0v) is 15.7. The third-order valence-corrected chi connectivity index (χ3v) is 5.89. The summed E-state index contributed by atoms with van der Waals surface area (Å²) in [5.74, 6) is 0.0787. The number of aryl methyl sites for hydroxylation is 2. The van der Waals surface area contributed by atoms with E-state index in [1.54, 1.807) is 11.3 Å². The van der Waals surface area contributed by atoms with Crippen molar-refractivity contribution in [1.82, 2.24) is 20.0 Å². The Balaban J connectivity index is 1.61. The summed E-state index contributed by atoms with van der Waals surface area (Å²) in [6.45, 7) is 11.6. The highest BCUT2D eigenvalue weighted by atomic mass is 32.1. The van der Waals surface area contributed by atoms with Crippen LogP contribution in [0, 0.1) is 13.8 Å². The van der Waals surface area contributed by atoms with Crippen molar-refractivity contribution in [2.45, 2.75) is 39.7 Å². The molecule has 0 aromatic carbocycles. The number of piperazine rings is 1. The Morgan fingerprint density at radius 3 is 2.50 bits per heavy atom. The number of hydrogen-bond donors (Lipinski definition) is 1. The van der Waals surface area contributed by atoms with Crippen molar-refractivity contribution >= 4 is 17.2 Å². The second-order valence-corrected chi connectivity index (χ2v) is 7.44. The molecule has 3 heterocycles. The Hall–Kier alpha value is -1.66. The molecule has 1 aliphatic rings. The first kappa shape index (κ1) is 17.2. The smallest absolute Gasteiger partial charge is 0.230 e. The van der Waals surface area contributed by atoms with E-state index in [9.17, 15) is 4.79 Å². The number of amides is 1. The van der Waals surface area contributed by atoms with Crippen LogP contribution in [0.3, 0.4) is 0 Å². The molecule has 6 heteroatoms. The number of hydrogen-bond acceptors (Lipinski definition) is 4. The molecule has 0 unspecified atom stereocenters. The molecule has 0 bridgehead atoms. The number of nitrogens with one attached hydrogen (secondary N) is 1. The molecule has 5 nitrogen and oxygen atoms in total. The molecule has 2 atom stereocenters. The number of aromatic nitrogens is 2. The summed E-state index contributed by atoms with van der Waals surface area (Å²) in [6, 6.07) is 2.61. The number of carbonyl (C=O) groups excluding carboxylic acids is 1. The minimum Gasteiger partial charge on any atom is -0.340 e. The second kappa shape index (κ2) is 7.07. The molecule has 1 N–H and O–H groups in total. The van der Waals surface area contributed by atoms with E-state index in [0.29, 0.717) is 6.04 Å². The largest absolute Gasteiger partial charge is 0.340 e. The molecule has 0 saturated carbocycles. The van der Waals surface area contributed by atoms with Crippen LogP contribution in [-0.4, -0.2) is 52.1 Å². The number of H-pyrrole nitrogens is 1. The summed E-state index contributed by atoms with van der Waals surface area (Å²) in [6.07, 6.45) is 0. The van der Waals surface area contributed by atoms with Gasteiger partial charge in [-0.3, -0.25) is 14.8 Å². The molecule has 0 aliphatic carbocycles. The van der Waals surface area contributed by atoms with Gasteiger partial charge in [0.15, 0.2) is 0 Å². The van der Waals surface area contributed by atoms with E-state index in [0.717, 1.165) is 43.1 Å². The predicted octanol–water partition coefficient (Wildman–Crippen LogP) is 3.10. The fraction of sp³-hybridized carbons (Fsp3) is 0.556. The number of nitrogens with zero attached hydrogens (tertiary/aromatic N) is 3. The average molecular weight is 347 g/mol. The normalized spacial score (nSPS) is 18.6. The van der Waals surface area contributed by atoms with E-state index in [1.165, 1.54) is 5.56 Å². The number of carbonyl (C=O) groups is 1. The summed E-state index contributed by atoms with van der Waals surface area (Å²) in [5, 5.41) is 11.6. The van der Waals surface area contributed by atoms with Gasteiger partial charge in [-0.1, -0.05) is 0 Å². The Morgan fingerprint density at radius 1 is 1.25 bits per heavy atom. The molecule has 0 radical (unpaired) electrons. The lowest BCUT2D eigenvalue weighted by Gasteiger charge is -2.38. The van der Waals surface area contributed by atoms with Gasteiger partial charge >= 0.3 is 0 Å². The SMILES string of the molecule is Cc1n[nH]c(C)c1[C@@H](C)C(=O)N1CCN([C@@H](C)c2ccsc2)CC1. The predicted molar refractivity (Wildman–Crippen MR) is 97.4 cm³/mol. The molecule has 3 rings (SSSR count). The lowest BCUT2D eigenvalue weighted by atomic mass is 9.97. The standard InChI is InChI=1S/C18H26N4OS/c1-12(17-13(2)19-20-14(17)3)18(23)22-8-6-21(7-9-22)15(4)16-5-10-24-11-16/h5,10-12,15H,6-9H2,1-4H3,(H,19,20)/t12-,15+/m1/s1. The monoisotopic (exact) mass is 346 g/mol. The van der Waals surface area contributed by atoms with Gasteiger partial charge in [0.05, 0.1) is 11.6 Å². The van der Waals surface area contributed by atoms with Gasteiger partial charge in [0.1, 0.15) is 0 Å². The molecule has 2 aromatic rings. The summed E-state index contributed by atoms with van der Waals surface area (Å²) in [7, 11) is 0. The van der Waals surface area contributed by atoms with Crippen LogP contribution in [0.4, 0.5) is 0 Å². The Labute approximate surface area is 147 Å². The van der Waals surface area contributed by atoms with E-state index in [-0.39, 0.29) is 11.8 Å². The van der Waals surface area contributed by atoms with E-state index in [1.807, 2.05) is 25.7 Å². The molecule has 1 aliphatic heterocycles. The zero-order chi connectivity index (χ0) is 17.3. The number of aromatic amines is 1. The van der Waals surface area contributed by atoms with Crippen LogP contribution in [0.15, 0.2) is 16.8 Å².